The van der Waals surface area contributed by atoms with E-state index in [1.54, 1.807) is 0 Å². The van der Waals surface area contributed by atoms with Crippen LogP contribution in [-0.4, -0.2) is 27.7 Å². The van der Waals surface area contributed by atoms with Gasteiger partial charge in [0.15, 0.2) is 0 Å². The number of piperidine rings is 1. The highest BCUT2D eigenvalue weighted by Gasteiger charge is 2.19. The van der Waals surface area contributed by atoms with E-state index >= 15 is 0 Å². The lowest BCUT2D eigenvalue weighted by Gasteiger charge is -2.22. The molecule has 0 aromatic carbocycles. The predicted molar refractivity (Wildman–Crippen MR) is 88.3 cm³/mol. The van der Waals surface area contributed by atoms with E-state index in [-0.39, 0.29) is 0 Å². The van der Waals surface area contributed by atoms with E-state index in [0.29, 0.717) is 10.9 Å². The maximum atomic E-state index is 6.41. The zero-order valence-corrected chi connectivity index (χ0v) is 12.9. The number of hydrogen-bond donors (Lipinski definition) is 1. The number of fused-ring (bicyclic) bond motifs is 1. The quantitative estimate of drug-likeness (QED) is 0.787. The fraction of sp³-hybridized carbons (Fsp3) is 0.294. The molecule has 0 radical (unpaired) electrons. The summed E-state index contributed by atoms with van der Waals surface area (Å²) >= 11 is 6.41. The van der Waals surface area contributed by atoms with Gasteiger partial charge in [0.2, 0.25) is 0 Å². The molecule has 0 saturated carbocycles. The third-order valence-corrected chi connectivity index (χ3v) is 4.57. The van der Waals surface area contributed by atoms with E-state index in [2.05, 4.69) is 16.5 Å². The molecule has 1 atom stereocenters. The lowest BCUT2D eigenvalue weighted by atomic mass is 9.95. The van der Waals surface area contributed by atoms with E-state index in [1.165, 1.54) is 12.8 Å². The molecule has 4 heterocycles. The molecule has 3 aromatic rings. The first-order valence-electron chi connectivity index (χ1n) is 7.63. The lowest BCUT2D eigenvalue weighted by Crippen LogP contribution is -2.28. The number of rotatable bonds is 2. The zero-order chi connectivity index (χ0) is 14.9. The molecule has 112 valence electrons. The van der Waals surface area contributed by atoms with E-state index in [0.717, 1.165) is 35.6 Å². The summed E-state index contributed by atoms with van der Waals surface area (Å²) in [5, 5.41) is 8.50. The Morgan fingerprint density at radius 2 is 2.18 bits per heavy atom. The third kappa shape index (κ3) is 2.38. The van der Waals surface area contributed by atoms with Crippen LogP contribution >= 0.6 is 11.6 Å². The van der Waals surface area contributed by atoms with Crippen molar-refractivity contribution in [1.29, 1.82) is 0 Å². The minimum absolute atomic E-state index is 0.464. The van der Waals surface area contributed by atoms with Gasteiger partial charge in [-0.2, -0.15) is 5.10 Å². The van der Waals surface area contributed by atoms with Crippen LogP contribution in [0.3, 0.4) is 0 Å². The second-order valence-electron chi connectivity index (χ2n) is 5.70. The van der Waals surface area contributed by atoms with Gasteiger partial charge in [-0.3, -0.25) is 4.98 Å². The van der Waals surface area contributed by atoms with Gasteiger partial charge in [0, 0.05) is 29.9 Å². The van der Waals surface area contributed by atoms with Crippen LogP contribution in [0.2, 0.25) is 5.02 Å². The van der Waals surface area contributed by atoms with Crippen LogP contribution in [0.5, 0.6) is 0 Å². The van der Waals surface area contributed by atoms with Crippen LogP contribution in [0.25, 0.3) is 16.8 Å². The van der Waals surface area contributed by atoms with Gasteiger partial charge in [0.25, 0.3) is 0 Å². The first kappa shape index (κ1) is 13.7. The molecule has 0 bridgehead atoms. The Morgan fingerprint density at radius 3 is 3.05 bits per heavy atom. The van der Waals surface area contributed by atoms with Gasteiger partial charge < -0.3 is 5.32 Å². The average Bonchev–Trinajstić information content (AvgIpc) is 3.00. The Balaban J connectivity index is 1.80. The van der Waals surface area contributed by atoms with Gasteiger partial charge in [0.05, 0.1) is 22.4 Å². The average molecular weight is 313 g/mol. The Kier molecular flexibility index (Phi) is 3.56. The molecule has 22 heavy (non-hydrogen) atoms. The maximum Gasteiger partial charge on any atom is 0.0929 e. The van der Waals surface area contributed by atoms with Crippen molar-refractivity contribution < 1.29 is 0 Å². The molecule has 0 spiro atoms. The highest BCUT2D eigenvalue weighted by Crippen LogP contribution is 2.32. The predicted octanol–water partition coefficient (Wildman–Crippen LogP) is 3.52. The van der Waals surface area contributed by atoms with Crippen molar-refractivity contribution in [2.24, 2.45) is 0 Å². The third-order valence-electron chi connectivity index (χ3n) is 4.26. The number of nitrogens with one attached hydrogen (secondary N) is 1. The molecular formula is C17H17ClN4. The Bertz CT molecular complexity index is 805. The molecule has 1 unspecified atom stereocenters. The van der Waals surface area contributed by atoms with Gasteiger partial charge in [0.1, 0.15) is 0 Å². The fourth-order valence-corrected chi connectivity index (χ4v) is 3.30. The van der Waals surface area contributed by atoms with Crippen LogP contribution in [0, 0.1) is 0 Å². The van der Waals surface area contributed by atoms with Crippen molar-refractivity contribution in [3.05, 3.63) is 53.4 Å². The highest BCUT2D eigenvalue weighted by atomic mass is 35.5. The Morgan fingerprint density at radius 1 is 1.23 bits per heavy atom. The smallest absolute Gasteiger partial charge is 0.0929 e. The van der Waals surface area contributed by atoms with Crippen LogP contribution < -0.4 is 5.32 Å². The second-order valence-corrected chi connectivity index (χ2v) is 6.11. The van der Waals surface area contributed by atoms with E-state index in [1.807, 2.05) is 41.2 Å². The minimum Gasteiger partial charge on any atom is -0.316 e. The molecule has 0 aliphatic carbocycles. The summed E-state index contributed by atoms with van der Waals surface area (Å²) in [5.74, 6) is 0.464. The number of aromatic nitrogens is 3. The molecule has 1 aliphatic rings. The topological polar surface area (TPSA) is 42.2 Å². The number of nitrogens with zero attached hydrogens (tertiary/aromatic N) is 3. The second kappa shape index (κ2) is 5.71. The van der Waals surface area contributed by atoms with E-state index < -0.39 is 0 Å². The van der Waals surface area contributed by atoms with Crippen LogP contribution in [0.1, 0.15) is 24.5 Å². The molecule has 1 saturated heterocycles. The van der Waals surface area contributed by atoms with Gasteiger partial charge in [-0.05, 0) is 43.7 Å². The van der Waals surface area contributed by atoms with Gasteiger partial charge >= 0.3 is 0 Å². The van der Waals surface area contributed by atoms with Crippen LogP contribution in [0.15, 0.2) is 42.7 Å². The van der Waals surface area contributed by atoms with Crippen molar-refractivity contribution in [3.8, 4) is 11.3 Å². The molecule has 0 amide bonds. The molecule has 5 heteroatoms. The first-order chi connectivity index (χ1) is 10.8. The lowest BCUT2D eigenvalue weighted by molar-refractivity contribution is 0.455. The van der Waals surface area contributed by atoms with Crippen LogP contribution in [-0.2, 0) is 0 Å². The molecule has 1 aliphatic heterocycles. The maximum absolute atomic E-state index is 6.41. The van der Waals surface area contributed by atoms with E-state index in [9.17, 15) is 0 Å². The molecule has 3 aromatic heterocycles. The summed E-state index contributed by atoms with van der Waals surface area (Å²) in [4.78, 5) is 4.86. The summed E-state index contributed by atoms with van der Waals surface area (Å²) in [6.07, 6.45) is 6.14. The first-order valence-corrected chi connectivity index (χ1v) is 8.00. The van der Waals surface area contributed by atoms with Crippen molar-refractivity contribution in [3.63, 3.8) is 0 Å². The summed E-state index contributed by atoms with van der Waals surface area (Å²) in [5.41, 5.74) is 3.94. The van der Waals surface area contributed by atoms with Gasteiger partial charge in [-0.15, -0.1) is 0 Å². The van der Waals surface area contributed by atoms with E-state index in [4.69, 9.17) is 16.6 Å². The normalized spacial score (nSPS) is 18.7. The van der Waals surface area contributed by atoms with Crippen LogP contribution in [0.4, 0.5) is 0 Å². The SMILES string of the molecule is Clc1ccc(C2CCCNC2)nc1-c1cnn2ccccc12. The summed E-state index contributed by atoms with van der Waals surface area (Å²) in [6, 6.07) is 10.0. The molecule has 1 N–H and O–H groups in total. The summed E-state index contributed by atoms with van der Waals surface area (Å²) in [7, 11) is 0. The largest absolute Gasteiger partial charge is 0.316 e. The van der Waals surface area contributed by atoms with Crippen molar-refractivity contribution in [2.45, 2.75) is 18.8 Å². The monoisotopic (exact) mass is 312 g/mol. The molecule has 4 nitrogen and oxygen atoms in total. The molecule has 1 fully saturated rings. The van der Waals surface area contributed by atoms with Crippen molar-refractivity contribution in [1.82, 2.24) is 19.9 Å². The van der Waals surface area contributed by atoms with Crippen molar-refractivity contribution in [2.75, 3.05) is 13.1 Å². The Labute approximate surface area is 134 Å². The number of hydrogen-bond acceptors (Lipinski definition) is 3. The summed E-state index contributed by atoms with van der Waals surface area (Å²) < 4.78 is 1.85. The molecule has 4 rings (SSSR count). The number of pyridine rings is 2. The molecular weight excluding hydrogens is 296 g/mol. The van der Waals surface area contributed by atoms with Crippen molar-refractivity contribution >= 4 is 17.1 Å². The van der Waals surface area contributed by atoms with Gasteiger partial charge in [-0.1, -0.05) is 17.7 Å². The zero-order valence-electron chi connectivity index (χ0n) is 12.2. The standard InChI is InChI=1S/C17H17ClN4/c18-14-6-7-15(12-4-3-8-19-10-12)21-17(14)13-11-20-22-9-2-1-5-16(13)22/h1-2,5-7,9,11-12,19H,3-4,8,10H2. The number of halogens is 1. The summed E-state index contributed by atoms with van der Waals surface area (Å²) in [6.45, 7) is 2.09. The van der Waals surface area contributed by atoms with Gasteiger partial charge in [-0.25, -0.2) is 4.52 Å². The highest BCUT2D eigenvalue weighted by molar-refractivity contribution is 6.33. The minimum atomic E-state index is 0.464. The Hall–Kier alpha value is -1.91. The fourth-order valence-electron chi connectivity index (χ4n) is 3.09.